The lowest BCUT2D eigenvalue weighted by atomic mass is 10.4. The first-order valence-corrected chi connectivity index (χ1v) is 2.74. The summed E-state index contributed by atoms with van der Waals surface area (Å²) in [5.74, 6) is 0. The van der Waals surface area contributed by atoms with Crippen molar-refractivity contribution in [1.29, 1.82) is 0 Å². The summed E-state index contributed by atoms with van der Waals surface area (Å²) in [7, 11) is 0. The Kier molecular flexibility index (Phi) is 15.1. The van der Waals surface area contributed by atoms with Crippen molar-refractivity contribution in [3.05, 3.63) is 36.4 Å². The first-order valence-electron chi connectivity index (χ1n) is 2.14. The second kappa shape index (κ2) is 11.2. The number of halogens is 2. The molecule has 0 aliphatic heterocycles. The molecule has 0 N–H and O–H groups in total. The van der Waals surface area contributed by atoms with Crippen LogP contribution in [0, 0.1) is 0 Å². The van der Waals surface area contributed by atoms with E-state index in [2.05, 4.69) is 0 Å². The van der Waals surface area contributed by atoms with Crippen molar-refractivity contribution < 1.29 is 3.56 Å². The quantitative estimate of drug-likeness (QED) is 0.566. The summed E-state index contributed by atoms with van der Waals surface area (Å²) in [5.41, 5.74) is 0. The van der Waals surface area contributed by atoms with E-state index in [1.54, 1.807) is 0 Å². The van der Waals surface area contributed by atoms with Crippen LogP contribution in [0.5, 0.6) is 0 Å². The standard InChI is InChI=1S/C6H6.BrF.Mg.2H/c1-2-4-6-5-3-1;1-2;;;/h1-6H;;;;. The molecule has 3 heteroatoms. The molecule has 0 aliphatic rings. The molecule has 0 nitrogen and oxygen atoms in total. The van der Waals surface area contributed by atoms with Gasteiger partial charge in [-0.05, 0) is 0 Å². The van der Waals surface area contributed by atoms with Crippen LogP contribution in [0.2, 0.25) is 0 Å². The van der Waals surface area contributed by atoms with Gasteiger partial charge in [-0.25, -0.2) is 0 Å². The highest BCUT2D eigenvalue weighted by atomic mass is 79.9. The van der Waals surface area contributed by atoms with Gasteiger partial charge in [-0.2, -0.15) is 3.56 Å². The molecule has 1 aromatic rings. The summed E-state index contributed by atoms with van der Waals surface area (Å²) in [6.45, 7) is 0. The molecule has 48 valence electrons. The van der Waals surface area contributed by atoms with Gasteiger partial charge in [0.2, 0.25) is 0 Å². The first kappa shape index (κ1) is 12.1. The van der Waals surface area contributed by atoms with E-state index in [0.29, 0.717) is 0 Å². The van der Waals surface area contributed by atoms with Crippen molar-refractivity contribution in [3.8, 4) is 0 Å². The second-order valence-corrected chi connectivity index (χ2v) is 1.15. The zero-order valence-corrected chi connectivity index (χ0v) is 5.81. The lowest BCUT2D eigenvalue weighted by Crippen LogP contribution is -1.47. The molecular formula is C6H8BrFMg. The molecule has 0 spiro atoms. The third-order valence-electron chi connectivity index (χ3n) is 0.667. The van der Waals surface area contributed by atoms with Crippen molar-refractivity contribution in [2.24, 2.45) is 0 Å². The Labute approximate surface area is 79.2 Å². The van der Waals surface area contributed by atoms with Crippen LogP contribution in [0.3, 0.4) is 0 Å². The fourth-order valence-electron chi connectivity index (χ4n) is 0.385. The van der Waals surface area contributed by atoms with Gasteiger partial charge in [-0.3, -0.25) is 0 Å². The molecule has 0 saturated carbocycles. The smallest absolute Gasteiger partial charge is 0.158 e. The maximum absolute atomic E-state index is 9.31. The van der Waals surface area contributed by atoms with E-state index < -0.39 is 0 Å². The van der Waals surface area contributed by atoms with Gasteiger partial charge < -0.3 is 0 Å². The van der Waals surface area contributed by atoms with Gasteiger partial charge >= 0.3 is 23.1 Å². The Morgan fingerprint density at radius 1 is 0.667 bits per heavy atom. The Bertz CT molecular complexity index is 85.0. The molecule has 0 atom stereocenters. The van der Waals surface area contributed by atoms with E-state index in [0.717, 1.165) is 0 Å². The first-order chi connectivity index (χ1) is 4.00. The van der Waals surface area contributed by atoms with E-state index in [1.807, 2.05) is 36.4 Å². The lowest BCUT2D eigenvalue weighted by molar-refractivity contribution is 0.982. The summed E-state index contributed by atoms with van der Waals surface area (Å²) in [5, 5.41) is 0. The van der Waals surface area contributed by atoms with E-state index in [4.69, 9.17) is 0 Å². The SMILES string of the molecule is FBr.[MgH2].c1ccccc1. The van der Waals surface area contributed by atoms with E-state index in [1.165, 1.54) is 16.4 Å². The Hall–Kier alpha value is 0.396. The maximum atomic E-state index is 9.31. The molecule has 0 aromatic heterocycles. The summed E-state index contributed by atoms with van der Waals surface area (Å²) in [4.78, 5) is 0. The summed E-state index contributed by atoms with van der Waals surface area (Å²) in [6.07, 6.45) is 0. The zero-order valence-electron chi connectivity index (χ0n) is 4.22. The normalized spacial score (nSPS) is 6.00. The van der Waals surface area contributed by atoms with Crippen LogP contribution in [-0.4, -0.2) is 23.1 Å². The van der Waals surface area contributed by atoms with E-state index >= 15 is 0 Å². The highest BCUT2D eigenvalue weighted by Gasteiger charge is 1.57. The van der Waals surface area contributed by atoms with Gasteiger partial charge in [0.05, 0.1) is 0 Å². The van der Waals surface area contributed by atoms with Crippen molar-refractivity contribution in [2.75, 3.05) is 0 Å². The minimum atomic E-state index is 0. The van der Waals surface area contributed by atoms with Gasteiger partial charge in [-0.1, -0.05) is 36.4 Å². The van der Waals surface area contributed by atoms with Crippen LogP contribution in [0.1, 0.15) is 0 Å². The minimum Gasteiger partial charge on any atom is -0.158 e. The number of benzene rings is 1. The van der Waals surface area contributed by atoms with E-state index in [-0.39, 0.29) is 23.1 Å². The topological polar surface area (TPSA) is 0 Å². The van der Waals surface area contributed by atoms with Crippen molar-refractivity contribution in [2.45, 2.75) is 0 Å². The number of hydrogen-bond acceptors (Lipinski definition) is 0. The molecule has 1 aromatic carbocycles. The molecule has 0 bridgehead atoms. The van der Waals surface area contributed by atoms with Crippen molar-refractivity contribution in [1.82, 2.24) is 0 Å². The van der Waals surface area contributed by atoms with E-state index in [9.17, 15) is 3.56 Å². The van der Waals surface area contributed by atoms with Gasteiger partial charge in [0.1, 0.15) is 0 Å². The van der Waals surface area contributed by atoms with Crippen LogP contribution >= 0.6 is 16.4 Å². The zero-order chi connectivity index (χ0) is 6.24. The Balaban J connectivity index is 0. The van der Waals surface area contributed by atoms with Crippen LogP contribution in [0.4, 0.5) is 3.56 Å². The predicted molar refractivity (Wildman–Crippen MR) is 45.0 cm³/mol. The Morgan fingerprint density at radius 2 is 0.778 bits per heavy atom. The third-order valence-corrected chi connectivity index (χ3v) is 0.667. The molecule has 0 amide bonds. The molecule has 0 unspecified atom stereocenters. The van der Waals surface area contributed by atoms with Crippen LogP contribution < -0.4 is 0 Å². The second-order valence-electron chi connectivity index (χ2n) is 1.15. The Morgan fingerprint density at radius 3 is 0.889 bits per heavy atom. The average molecular weight is 203 g/mol. The number of hydrogen-bond donors (Lipinski definition) is 0. The average Bonchev–Trinajstić information content (AvgIpc) is 1.96. The molecule has 0 fully saturated rings. The summed E-state index contributed by atoms with van der Waals surface area (Å²) < 4.78 is 9.31. The van der Waals surface area contributed by atoms with Crippen LogP contribution in [-0.2, 0) is 0 Å². The third kappa shape index (κ3) is 8.40. The molecule has 0 aliphatic carbocycles. The molecule has 9 heavy (non-hydrogen) atoms. The highest BCUT2D eigenvalue weighted by molar-refractivity contribution is 9.05. The summed E-state index contributed by atoms with van der Waals surface area (Å²) >= 11 is 1.44. The molecule has 1 rings (SSSR count). The van der Waals surface area contributed by atoms with Crippen molar-refractivity contribution >= 4 is 39.4 Å². The maximum Gasteiger partial charge on any atom is 0.316 e. The fourth-order valence-corrected chi connectivity index (χ4v) is 0.385. The minimum absolute atomic E-state index is 0. The number of rotatable bonds is 0. The molecule has 0 saturated heterocycles. The van der Waals surface area contributed by atoms with Gasteiger partial charge in [0, 0.05) is 0 Å². The fraction of sp³-hybridized carbons (Fsp3) is 0. The molecule has 0 heterocycles. The van der Waals surface area contributed by atoms with Crippen molar-refractivity contribution in [3.63, 3.8) is 0 Å². The largest absolute Gasteiger partial charge is 0.316 e. The lowest BCUT2D eigenvalue weighted by Gasteiger charge is -1.69. The summed E-state index contributed by atoms with van der Waals surface area (Å²) in [6, 6.07) is 12.0. The van der Waals surface area contributed by atoms with Crippen LogP contribution in [0.25, 0.3) is 0 Å². The van der Waals surface area contributed by atoms with Crippen LogP contribution in [0.15, 0.2) is 36.4 Å². The van der Waals surface area contributed by atoms with Gasteiger partial charge in [0.15, 0.2) is 16.4 Å². The predicted octanol–water partition coefficient (Wildman–Crippen LogP) is 2.04. The molecular weight excluding hydrogens is 195 g/mol. The monoisotopic (exact) mass is 202 g/mol. The van der Waals surface area contributed by atoms with Gasteiger partial charge in [0.25, 0.3) is 0 Å². The van der Waals surface area contributed by atoms with Gasteiger partial charge in [-0.15, -0.1) is 0 Å². The molecule has 0 radical (unpaired) electrons. The highest BCUT2D eigenvalue weighted by Crippen LogP contribution is 1.79.